The van der Waals surface area contributed by atoms with Crippen LogP contribution in [0.5, 0.6) is 0 Å². The molecule has 2 rings (SSSR count). The van der Waals surface area contributed by atoms with E-state index in [0.717, 1.165) is 30.8 Å². The van der Waals surface area contributed by atoms with Gasteiger partial charge in [0.2, 0.25) is 0 Å². The van der Waals surface area contributed by atoms with Crippen LogP contribution in [0.4, 0.5) is 5.69 Å². The molecule has 0 fully saturated rings. The molecule has 2 heterocycles. The SMILES string of the molecule is CCc1nn2c(c1N)CCCC2. The lowest BCUT2D eigenvalue weighted by atomic mass is 10.1. The Morgan fingerprint density at radius 1 is 1.50 bits per heavy atom. The molecule has 0 amide bonds. The summed E-state index contributed by atoms with van der Waals surface area (Å²) in [5.41, 5.74) is 9.23. The van der Waals surface area contributed by atoms with Crippen LogP contribution < -0.4 is 5.73 Å². The minimum absolute atomic E-state index is 0.942. The van der Waals surface area contributed by atoms with Crippen molar-refractivity contribution in [3.63, 3.8) is 0 Å². The van der Waals surface area contributed by atoms with Crippen LogP contribution in [-0.2, 0) is 19.4 Å². The number of rotatable bonds is 1. The topological polar surface area (TPSA) is 43.8 Å². The largest absolute Gasteiger partial charge is 0.396 e. The predicted molar refractivity (Wildman–Crippen MR) is 49.0 cm³/mol. The Bertz CT molecular complexity index is 288. The number of anilines is 1. The summed E-state index contributed by atoms with van der Waals surface area (Å²) in [5.74, 6) is 0. The highest BCUT2D eigenvalue weighted by Crippen LogP contribution is 2.23. The Morgan fingerprint density at radius 2 is 2.33 bits per heavy atom. The van der Waals surface area contributed by atoms with Crippen LogP contribution in [0.1, 0.15) is 31.2 Å². The number of aromatic nitrogens is 2. The van der Waals surface area contributed by atoms with Gasteiger partial charge in [-0.2, -0.15) is 5.10 Å². The first-order valence-electron chi connectivity index (χ1n) is 4.67. The summed E-state index contributed by atoms with van der Waals surface area (Å²) in [7, 11) is 0. The van der Waals surface area contributed by atoms with Crippen LogP contribution in [0.3, 0.4) is 0 Å². The molecule has 0 saturated heterocycles. The lowest BCUT2D eigenvalue weighted by Gasteiger charge is -2.12. The van der Waals surface area contributed by atoms with Gasteiger partial charge in [-0.15, -0.1) is 0 Å². The molecule has 0 atom stereocenters. The zero-order valence-electron chi connectivity index (χ0n) is 7.51. The molecule has 0 saturated carbocycles. The molecular weight excluding hydrogens is 150 g/mol. The molecule has 1 aliphatic rings. The summed E-state index contributed by atoms with van der Waals surface area (Å²) in [6.45, 7) is 3.16. The van der Waals surface area contributed by atoms with Crippen molar-refractivity contribution in [3.05, 3.63) is 11.4 Å². The van der Waals surface area contributed by atoms with E-state index in [-0.39, 0.29) is 0 Å². The van der Waals surface area contributed by atoms with Crippen molar-refractivity contribution in [1.29, 1.82) is 0 Å². The Kier molecular flexibility index (Phi) is 1.79. The zero-order valence-corrected chi connectivity index (χ0v) is 7.51. The average Bonchev–Trinajstić information content (AvgIpc) is 2.44. The maximum absolute atomic E-state index is 5.95. The summed E-state index contributed by atoms with van der Waals surface area (Å²) >= 11 is 0. The lowest BCUT2D eigenvalue weighted by molar-refractivity contribution is 0.484. The Morgan fingerprint density at radius 3 is 3.00 bits per heavy atom. The summed E-state index contributed by atoms with van der Waals surface area (Å²) in [4.78, 5) is 0. The highest BCUT2D eigenvalue weighted by molar-refractivity contribution is 5.48. The van der Waals surface area contributed by atoms with Gasteiger partial charge in [-0.1, -0.05) is 6.92 Å². The first kappa shape index (κ1) is 7.65. The molecule has 12 heavy (non-hydrogen) atoms. The van der Waals surface area contributed by atoms with Gasteiger partial charge in [-0.05, 0) is 25.7 Å². The number of nitrogen functional groups attached to an aromatic ring is 1. The van der Waals surface area contributed by atoms with E-state index in [1.165, 1.54) is 18.5 Å². The van der Waals surface area contributed by atoms with Crippen LogP contribution in [0.25, 0.3) is 0 Å². The van der Waals surface area contributed by atoms with E-state index in [4.69, 9.17) is 5.73 Å². The minimum Gasteiger partial charge on any atom is -0.396 e. The molecule has 0 unspecified atom stereocenters. The summed E-state index contributed by atoms with van der Waals surface area (Å²) in [5, 5.41) is 4.46. The fourth-order valence-corrected chi connectivity index (χ4v) is 1.83. The molecule has 1 aliphatic heterocycles. The van der Waals surface area contributed by atoms with Crippen LogP contribution in [0, 0.1) is 0 Å². The van der Waals surface area contributed by atoms with Crippen molar-refractivity contribution in [2.75, 3.05) is 5.73 Å². The highest BCUT2D eigenvalue weighted by Gasteiger charge is 2.16. The van der Waals surface area contributed by atoms with Crippen molar-refractivity contribution >= 4 is 5.69 Å². The summed E-state index contributed by atoms with van der Waals surface area (Å²) in [6.07, 6.45) is 4.57. The molecule has 66 valence electrons. The van der Waals surface area contributed by atoms with E-state index in [1.54, 1.807) is 0 Å². The van der Waals surface area contributed by atoms with Crippen LogP contribution in [0.2, 0.25) is 0 Å². The van der Waals surface area contributed by atoms with Crippen LogP contribution >= 0.6 is 0 Å². The Labute approximate surface area is 72.6 Å². The second-order valence-corrected chi connectivity index (χ2v) is 3.34. The van der Waals surface area contributed by atoms with Crippen molar-refractivity contribution in [2.24, 2.45) is 0 Å². The molecule has 2 N–H and O–H groups in total. The van der Waals surface area contributed by atoms with E-state index >= 15 is 0 Å². The average molecular weight is 165 g/mol. The van der Waals surface area contributed by atoms with Gasteiger partial charge < -0.3 is 5.73 Å². The van der Waals surface area contributed by atoms with Crippen LogP contribution in [-0.4, -0.2) is 9.78 Å². The third-order valence-corrected chi connectivity index (χ3v) is 2.54. The fourth-order valence-electron chi connectivity index (χ4n) is 1.83. The third-order valence-electron chi connectivity index (χ3n) is 2.54. The van der Waals surface area contributed by atoms with Gasteiger partial charge in [0.1, 0.15) is 0 Å². The predicted octanol–water partition coefficient (Wildman–Crippen LogP) is 1.36. The molecular formula is C9H15N3. The standard InChI is InChI=1S/C9H15N3/c1-2-7-9(10)8-5-3-4-6-12(8)11-7/h2-6,10H2,1H3. The number of nitrogens with two attached hydrogens (primary N) is 1. The highest BCUT2D eigenvalue weighted by atomic mass is 15.3. The second kappa shape index (κ2) is 2.81. The van der Waals surface area contributed by atoms with E-state index in [2.05, 4.69) is 16.7 Å². The molecule has 0 aromatic carbocycles. The minimum atomic E-state index is 0.942. The van der Waals surface area contributed by atoms with Crippen LogP contribution in [0.15, 0.2) is 0 Å². The fraction of sp³-hybridized carbons (Fsp3) is 0.667. The molecule has 3 heteroatoms. The van der Waals surface area contributed by atoms with E-state index in [9.17, 15) is 0 Å². The Balaban J connectivity index is 2.44. The molecule has 0 spiro atoms. The lowest BCUT2D eigenvalue weighted by Crippen LogP contribution is -2.11. The third kappa shape index (κ3) is 1.00. The van der Waals surface area contributed by atoms with Crippen molar-refractivity contribution in [1.82, 2.24) is 9.78 Å². The number of aryl methyl sites for hydroxylation is 2. The first-order valence-corrected chi connectivity index (χ1v) is 4.67. The molecule has 3 nitrogen and oxygen atoms in total. The van der Waals surface area contributed by atoms with Gasteiger partial charge in [0, 0.05) is 6.54 Å². The van der Waals surface area contributed by atoms with Gasteiger partial charge in [0.15, 0.2) is 0 Å². The number of hydrogen-bond donors (Lipinski definition) is 1. The second-order valence-electron chi connectivity index (χ2n) is 3.34. The Hall–Kier alpha value is -0.990. The number of hydrogen-bond acceptors (Lipinski definition) is 2. The molecule has 0 bridgehead atoms. The zero-order chi connectivity index (χ0) is 8.55. The van der Waals surface area contributed by atoms with Gasteiger partial charge in [-0.25, -0.2) is 0 Å². The van der Waals surface area contributed by atoms with Crippen molar-refractivity contribution in [3.8, 4) is 0 Å². The molecule has 0 radical (unpaired) electrons. The van der Waals surface area contributed by atoms with Crippen molar-refractivity contribution < 1.29 is 0 Å². The summed E-state index contributed by atoms with van der Waals surface area (Å²) < 4.78 is 2.08. The van der Waals surface area contributed by atoms with E-state index < -0.39 is 0 Å². The number of nitrogens with zero attached hydrogens (tertiary/aromatic N) is 2. The number of fused-ring (bicyclic) bond motifs is 1. The van der Waals surface area contributed by atoms with Gasteiger partial charge in [0.05, 0.1) is 17.1 Å². The monoisotopic (exact) mass is 165 g/mol. The molecule has 1 aromatic rings. The summed E-state index contributed by atoms with van der Waals surface area (Å²) in [6, 6.07) is 0. The normalized spacial score (nSPS) is 16.1. The smallest absolute Gasteiger partial charge is 0.0854 e. The molecule has 1 aromatic heterocycles. The quantitative estimate of drug-likeness (QED) is 0.683. The van der Waals surface area contributed by atoms with Gasteiger partial charge in [0.25, 0.3) is 0 Å². The van der Waals surface area contributed by atoms with Crippen molar-refractivity contribution in [2.45, 2.75) is 39.2 Å². The molecule has 0 aliphatic carbocycles. The van der Waals surface area contributed by atoms with E-state index in [1.807, 2.05) is 0 Å². The van der Waals surface area contributed by atoms with Gasteiger partial charge in [-0.3, -0.25) is 4.68 Å². The maximum Gasteiger partial charge on any atom is 0.0854 e. The van der Waals surface area contributed by atoms with E-state index in [0.29, 0.717) is 0 Å². The van der Waals surface area contributed by atoms with Gasteiger partial charge >= 0.3 is 0 Å². The first-order chi connectivity index (χ1) is 5.83. The maximum atomic E-state index is 5.95.